The Bertz CT molecular complexity index is 1020. The fourth-order valence-electron chi connectivity index (χ4n) is 2.59. The first kappa shape index (κ1) is 17.4. The van der Waals surface area contributed by atoms with Crippen LogP contribution in [0.25, 0.3) is 10.1 Å². The van der Waals surface area contributed by atoms with Gasteiger partial charge in [-0.25, -0.2) is 8.42 Å². The molecule has 0 saturated carbocycles. The average Bonchev–Trinajstić information content (AvgIpc) is 2.98. The highest BCUT2D eigenvalue weighted by Crippen LogP contribution is 2.33. The summed E-state index contributed by atoms with van der Waals surface area (Å²) in [7, 11) is -3.70. The van der Waals surface area contributed by atoms with Gasteiger partial charge >= 0.3 is 0 Å². The van der Waals surface area contributed by atoms with Crippen LogP contribution in [0.2, 0.25) is 0 Å². The molecule has 0 bridgehead atoms. The van der Waals surface area contributed by atoms with Crippen LogP contribution in [0.4, 0.5) is 11.4 Å². The predicted molar refractivity (Wildman–Crippen MR) is 100 cm³/mol. The van der Waals surface area contributed by atoms with Gasteiger partial charge in [-0.1, -0.05) is 18.2 Å². The molecular weight excluding hydrogens is 360 g/mol. The van der Waals surface area contributed by atoms with Gasteiger partial charge < -0.3 is 5.32 Å². The Labute approximate surface area is 149 Å². The minimum Gasteiger partial charge on any atom is -0.378 e. The maximum atomic E-state index is 11.9. The lowest BCUT2D eigenvalue weighted by molar-refractivity contribution is -0.387. The molecule has 0 fully saturated rings. The monoisotopic (exact) mass is 376 g/mol. The van der Waals surface area contributed by atoms with E-state index >= 15 is 0 Å². The molecule has 130 valence electrons. The summed E-state index contributed by atoms with van der Waals surface area (Å²) < 4.78 is 24.9. The molecule has 3 aromatic rings. The van der Waals surface area contributed by atoms with Crippen molar-refractivity contribution in [3.05, 3.63) is 63.5 Å². The van der Waals surface area contributed by atoms with Crippen LogP contribution >= 0.6 is 11.3 Å². The molecule has 2 aromatic carbocycles. The lowest BCUT2D eigenvalue weighted by Gasteiger charge is -2.14. The number of hydrogen-bond acceptors (Lipinski definition) is 6. The molecule has 0 aliphatic heterocycles. The highest BCUT2D eigenvalue weighted by Gasteiger charge is 2.23. The quantitative estimate of drug-likeness (QED) is 0.527. The number of sulfone groups is 1. The Kier molecular flexibility index (Phi) is 4.49. The van der Waals surface area contributed by atoms with Gasteiger partial charge in [0.15, 0.2) is 9.84 Å². The van der Waals surface area contributed by atoms with Crippen molar-refractivity contribution in [3.8, 4) is 0 Å². The van der Waals surface area contributed by atoms with Gasteiger partial charge in [0.05, 0.1) is 11.0 Å². The summed E-state index contributed by atoms with van der Waals surface area (Å²) in [5.74, 6) is 0. The zero-order chi connectivity index (χ0) is 18.2. The Hall–Kier alpha value is -2.45. The van der Waals surface area contributed by atoms with Gasteiger partial charge in [0.25, 0.3) is 5.69 Å². The van der Waals surface area contributed by atoms with Crippen molar-refractivity contribution in [2.75, 3.05) is 11.6 Å². The molecule has 6 nitrogen and oxygen atoms in total. The van der Waals surface area contributed by atoms with E-state index in [9.17, 15) is 18.5 Å². The third kappa shape index (κ3) is 3.64. The highest BCUT2D eigenvalue weighted by atomic mass is 32.2. The Morgan fingerprint density at radius 2 is 1.88 bits per heavy atom. The molecule has 1 atom stereocenters. The first-order chi connectivity index (χ1) is 11.8. The highest BCUT2D eigenvalue weighted by molar-refractivity contribution is 7.90. The number of benzene rings is 2. The summed E-state index contributed by atoms with van der Waals surface area (Å²) >= 11 is 1.65. The molecule has 0 aliphatic rings. The molecule has 0 aliphatic carbocycles. The van der Waals surface area contributed by atoms with E-state index in [1.807, 2.05) is 31.2 Å². The van der Waals surface area contributed by atoms with Gasteiger partial charge in [-0.05, 0) is 36.6 Å². The summed E-state index contributed by atoms with van der Waals surface area (Å²) in [6, 6.07) is 14.1. The molecule has 3 rings (SSSR count). The van der Waals surface area contributed by atoms with E-state index in [0.29, 0.717) is 5.69 Å². The summed E-state index contributed by atoms with van der Waals surface area (Å²) in [4.78, 5) is 11.2. The van der Waals surface area contributed by atoms with Crippen LogP contribution in [0.3, 0.4) is 0 Å². The van der Waals surface area contributed by atoms with Crippen molar-refractivity contribution in [2.24, 2.45) is 0 Å². The summed E-state index contributed by atoms with van der Waals surface area (Å²) in [5.41, 5.74) is 0.110. The van der Waals surface area contributed by atoms with Gasteiger partial charge in [-0.2, -0.15) is 0 Å². The number of nitrogens with one attached hydrogen (secondary N) is 1. The summed E-state index contributed by atoms with van der Waals surface area (Å²) in [5, 5.41) is 15.4. The first-order valence-electron chi connectivity index (χ1n) is 7.49. The number of thiophene rings is 1. The van der Waals surface area contributed by atoms with E-state index in [-0.39, 0.29) is 10.9 Å². The summed E-state index contributed by atoms with van der Waals surface area (Å²) in [6.07, 6.45) is 0.967. The zero-order valence-corrected chi connectivity index (χ0v) is 15.2. The lowest BCUT2D eigenvalue weighted by Crippen LogP contribution is -2.07. The van der Waals surface area contributed by atoms with Crippen LogP contribution < -0.4 is 5.32 Å². The van der Waals surface area contributed by atoms with Gasteiger partial charge in [0, 0.05) is 27.6 Å². The average molecular weight is 376 g/mol. The van der Waals surface area contributed by atoms with Gasteiger partial charge in [0.1, 0.15) is 4.90 Å². The smallest absolute Gasteiger partial charge is 0.288 e. The van der Waals surface area contributed by atoms with Crippen molar-refractivity contribution >= 4 is 42.6 Å². The molecule has 25 heavy (non-hydrogen) atoms. The minimum absolute atomic E-state index is 0.0636. The molecule has 1 N–H and O–H groups in total. The maximum Gasteiger partial charge on any atom is 0.288 e. The van der Waals surface area contributed by atoms with Crippen LogP contribution in [-0.4, -0.2) is 19.6 Å². The van der Waals surface area contributed by atoms with Crippen molar-refractivity contribution in [3.63, 3.8) is 0 Å². The molecule has 0 spiro atoms. The number of fused-ring (bicyclic) bond motifs is 1. The van der Waals surface area contributed by atoms with E-state index in [2.05, 4.69) is 11.4 Å². The second-order valence-electron chi connectivity index (χ2n) is 5.76. The van der Waals surface area contributed by atoms with E-state index < -0.39 is 20.4 Å². The molecule has 0 radical (unpaired) electrons. The largest absolute Gasteiger partial charge is 0.378 e. The lowest BCUT2D eigenvalue weighted by atomic mass is 10.2. The van der Waals surface area contributed by atoms with Crippen molar-refractivity contribution < 1.29 is 13.3 Å². The normalized spacial score (nSPS) is 12.9. The first-order valence-corrected chi connectivity index (χ1v) is 10.2. The molecular formula is C17H16N2O4S2. The zero-order valence-electron chi connectivity index (χ0n) is 13.6. The SMILES string of the molecule is CC(Nc1ccc([N+](=O)[O-])c(S(C)(=O)=O)c1)c1cc2ccccc2s1. The second-order valence-corrected chi connectivity index (χ2v) is 8.86. The number of nitro benzene ring substituents is 1. The number of nitrogens with zero attached hydrogens (tertiary/aromatic N) is 1. The fourth-order valence-corrected chi connectivity index (χ4v) is 4.52. The Morgan fingerprint density at radius 1 is 1.16 bits per heavy atom. The van der Waals surface area contributed by atoms with Crippen molar-refractivity contribution in [1.29, 1.82) is 0 Å². The van der Waals surface area contributed by atoms with Crippen LogP contribution in [0.1, 0.15) is 17.8 Å². The van der Waals surface area contributed by atoms with Gasteiger partial charge in [-0.3, -0.25) is 10.1 Å². The maximum absolute atomic E-state index is 11.9. The minimum atomic E-state index is -3.70. The topological polar surface area (TPSA) is 89.3 Å². The molecule has 0 saturated heterocycles. The third-order valence-corrected chi connectivity index (χ3v) is 6.24. The van der Waals surface area contributed by atoms with E-state index in [1.54, 1.807) is 11.3 Å². The third-order valence-electron chi connectivity index (χ3n) is 3.81. The number of anilines is 1. The van der Waals surface area contributed by atoms with Crippen molar-refractivity contribution in [2.45, 2.75) is 17.9 Å². The standard InChI is InChI=1S/C17H16N2O4S2/c1-11(16-9-12-5-3-4-6-15(12)24-16)18-13-7-8-14(19(20)21)17(10-13)25(2,22)23/h3-11,18H,1-2H3. The van der Waals surface area contributed by atoms with Gasteiger partial charge in [-0.15, -0.1) is 11.3 Å². The number of hydrogen-bond donors (Lipinski definition) is 1. The van der Waals surface area contributed by atoms with E-state index in [0.717, 1.165) is 16.5 Å². The predicted octanol–water partition coefficient (Wildman–Crippen LogP) is 4.39. The van der Waals surface area contributed by atoms with Gasteiger partial charge in [0.2, 0.25) is 0 Å². The number of rotatable bonds is 5. The fraction of sp³-hybridized carbons (Fsp3) is 0.176. The molecule has 1 unspecified atom stereocenters. The Balaban J connectivity index is 1.93. The molecule has 1 heterocycles. The van der Waals surface area contributed by atoms with E-state index in [4.69, 9.17) is 0 Å². The van der Waals surface area contributed by atoms with Crippen molar-refractivity contribution in [1.82, 2.24) is 0 Å². The van der Waals surface area contributed by atoms with Crippen LogP contribution in [0.5, 0.6) is 0 Å². The number of nitro groups is 1. The molecule has 8 heteroatoms. The molecule has 0 amide bonds. The second kappa shape index (κ2) is 6.45. The molecule has 1 aromatic heterocycles. The van der Waals surface area contributed by atoms with Crippen LogP contribution in [0, 0.1) is 10.1 Å². The van der Waals surface area contributed by atoms with E-state index in [1.165, 1.54) is 22.9 Å². The van der Waals surface area contributed by atoms with Crippen LogP contribution in [0.15, 0.2) is 53.4 Å². The summed E-state index contributed by atoms with van der Waals surface area (Å²) in [6.45, 7) is 1.96. The Morgan fingerprint density at radius 3 is 2.52 bits per heavy atom. The van der Waals surface area contributed by atoms with Crippen LogP contribution in [-0.2, 0) is 9.84 Å².